The van der Waals surface area contributed by atoms with Crippen molar-refractivity contribution in [2.24, 2.45) is 13.0 Å². The maximum Gasteiger partial charge on any atom is 0.272 e. The average molecular weight is 371 g/mol. The van der Waals surface area contributed by atoms with Crippen LogP contribution in [0, 0.1) is 18.7 Å². The summed E-state index contributed by atoms with van der Waals surface area (Å²) in [4.78, 5) is 12.7. The zero-order chi connectivity index (χ0) is 19.6. The van der Waals surface area contributed by atoms with Crippen molar-refractivity contribution < 1.29 is 13.6 Å². The van der Waals surface area contributed by atoms with Crippen molar-refractivity contribution in [2.45, 2.75) is 33.2 Å². The first-order chi connectivity index (χ1) is 12.8. The first-order valence-electron chi connectivity index (χ1n) is 8.74. The van der Waals surface area contributed by atoms with E-state index >= 15 is 0 Å². The first kappa shape index (κ1) is 18.8. The van der Waals surface area contributed by atoms with Crippen LogP contribution >= 0.6 is 0 Å². The monoisotopic (exact) mass is 371 g/mol. The van der Waals surface area contributed by atoms with Gasteiger partial charge in [-0.15, -0.1) is 10.2 Å². The summed E-state index contributed by atoms with van der Waals surface area (Å²) in [6.45, 7) is 5.81. The van der Waals surface area contributed by atoms with Crippen molar-refractivity contribution in [1.82, 2.24) is 25.3 Å². The summed E-state index contributed by atoms with van der Waals surface area (Å²) in [6.07, 6.45) is 0.658. The minimum atomic E-state index is -0.394. The van der Waals surface area contributed by atoms with Crippen LogP contribution < -0.4 is 5.32 Å². The summed E-state index contributed by atoms with van der Waals surface area (Å²) < 4.78 is 20.2. The van der Waals surface area contributed by atoms with Crippen molar-refractivity contribution in [1.29, 1.82) is 0 Å². The van der Waals surface area contributed by atoms with Gasteiger partial charge in [0.15, 0.2) is 5.69 Å². The highest BCUT2D eigenvalue weighted by Gasteiger charge is 2.24. The van der Waals surface area contributed by atoms with Crippen molar-refractivity contribution in [2.75, 3.05) is 0 Å². The maximum atomic E-state index is 13.1. The Morgan fingerprint density at radius 1 is 1.26 bits per heavy atom. The molecule has 0 radical (unpaired) electrons. The van der Waals surface area contributed by atoms with E-state index in [1.807, 2.05) is 0 Å². The Morgan fingerprint density at radius 3 is 2.56 bits per heavy atom. The molecule has 0 fully saturated rings. The van der Waals surface area contributed by atoms with Crippen molar-refractivity contribution in [3.05, 3.63) is 53.6 Å². The van der Waals surface area contributed by atoms with Gasteiger partial charge in [-0.1, -0.05) is 13.8 Å². The second-order valence-corrected chi connectivity index (χ2v) is 6.86. The van der Waals surface area contributed by atoms with E-state index in [0.29, 0.717) is 29.8 Å². The van der Waals surface area contributed by atoms with E-state index in [1.165, 1.54) is 12.1 Å². The summed E-state index contributed by atoms with van der Waals surface area (Å²) in [7, 11) is 1.74. The quantitative estimate of drug-likeness (QED) is 0.717. The molecule has 1 amide bonds. The van der Waals surface area contributed by atoms with Crippen LogP contribution in [-0.2, 0) is 7.05 Å². The Morgan fingerprint density at radius 2 is 1.96 bits per heavy atom. The topological polar surface area (TPSA) is 85.8 Å². The molecule has 3 aromatic rings. The fourth-order valence-corrected chi connectivity index (χ4v) is 2.85. The summed E-state index contributed by atoms with van der Waals surface area (Å²) in [5, 5.41) is 15.1. The lowest BCUT2D eigenvalue weighted by atomic mass is 10.0. The molecule has 8 heteroatoms. The van der Waals surface area contributed by atoms with E-state index in [4.69, 9.17) is 4.42 Å². The molecule has 1 aromatic carbocycles. The van der Waals surface area contributed by atoms with Gasteiger partial charge in [-0.3, -0.25) is 9.48 Å². The van der Waals surface area contributed by atoms with Crippen molar-refractivity contribution in [3.8, 4) is 11.3 Å². The zero-order valence-electron chi connectivity index (χ0n) is 15.7. The summed E-state index contributed by atoms with van der Waals surface area (Å²) >= 11 is 0. The molecule has 3 rings (SSSR count). The second kappa shape index (κ2) is 7.69. The van der Waals surface area contributed by atoms with E-state index in [0.717, 1.165) is 5.56 Å². The van der Waals surface area contributed by atoms with Crippen LogP contribution in [-0.4, -0.2) is 25.9 Å². The Balaban J connectivity index is 1.82. The number of nitrogens with zero attached hydrogens (tertiary/aromatic N) is 4. The summed E-state index contributed by atoms with van der Waals surface area (Å²) in [5.74, 6) is 0.500. The zero-order valence-corrected chi connectivity index (χ0v) is 15.7. The van der Waals surface area contributed by atoms with Crippen LogP contribution in [0.4, 0.5) is 4.39 Å². The average Bonchev–Trinajstić information content (AvgIpc) is 3.21. The van der Waals surface area contributed by atoms with Gasteiger partial charge in [0.05, 0.1) is 5.69 Å². The van der Waals surface area contributed by atoms with Crippen LogP contribution in [0.15, 0.2) is 34.7 Å². The number of aryl methyl sites for hydroxylation is 2. The van der Waals surface area contributed by atoms with Gasteiger partial charge in [-0.25, -0.2) is 4.39 Å². The van der Waals surface area contributed by atoms with E-state index in [9.17, 15) is 9.18 Å². The Labute approximate surface area is 156 Å². The Hall–Kier alpha value is -3.03. The SMILES string of the molecule is Cc1nnc(C(CC(C)C)NC(=O)c2cc(-c3ccc(F)cc3)n(C)n2)o1. The van der Waals surface area contributed by atoms with Gasteiger partial charge < -0.3 is 9.73 Å². The van der Waals surface area contributed by atoms with Gasteiger partial charge in [-0.05, 0) is 48.2 Å². The Kier molecular flexibility index (Phi) is 5.34. The van der Waals surface area contributed by atoms with Crippen molar-refractivity contribution in [3.63, 3.8) is 0 Å². The number of carbonyl (C=O) groups excluding carboxylic acids is 1. The van der Waals surface area contributed by atoms with E-state index < -0.39 is 6.04 Å². The van der Waals surface area contributed by atoms with E-state index in [1.54, 1.807) is 36.9 Å². The first-order valence-corrected chi connectivity index (χ1v) is 8.74. The molecule has 0 bridgehead atoms. The van der Waals surface area contributed by atoms with Crippen LogP contribution in [0.25, 0.3) is 11.3 Å². The number of hydrogen-bond donors (Lipinski definition) is 1. The molecule has 27 heavy (non-hydrogen) atoms. The minimum absolute atomic E-state index is 0.266. The third-order valence-corrected chi connectivity index (χ3v) is 4.10. The molecular weight excluding hydrogens is 349 g/mol. The number of amides is 1. The molecule has 0 aliphatic carbocycles. The molecule has 0 aliphatic heterocycles. The standard InChI is InChI=1S/C19H22FN5O2/c1-11(2)9-16(19-23-22-12(3)27-19)21-18(26)15-10-17(25(4)24-15)13-5-7-14(20)8-6-13/h5-8,10-11,16H,9H2,1-4H3,(H,21,26). The Bertz CT molecular complexity index is 930. The molecule has 2 heterocycles. The van der Waals surface area contributed by atoms with Crippen molar-refractivity contribution >= 4 is 5.91 Å². The second-order valence-electron chi connectivity index (χ2n) is 6.86. The molecule has 0 saturated heterocycles. The molecule has 0 aliphatic rings. The smallest absolute Gasteiger partial charge is 0.272 e. The maximum absolute atomic E-state index is 13.1. The number of halogens is 1. The van der Waals surface area contributed by atoms with Crippen LogP contribution in [0.5, 0.6) is 0 Å². The molecular formula is C19H22FN5O2. The number of aromatic nitrogens is 4. The molecule has 0 saturated carbocycles. The minimum Gasteiger partial charge on any atom is -0.423 e. The fourth-order valence-electron chi connectivity index (χ4n) is 2.85. The number of benzene rings is 1. The predicted octanol–water partition coefficient (Wildman–Crippen LogP) is 3.43. The number of rotatable bonds is 6. The number of nitrogens with one attached hydrogen (secondary N) is 1. The van der Waals surface area contributed by atoms with Crippen LogP contribution in [0.1, 0.15) is 48.6 Å². The van der Waals surface area contributed by atoms with Gasteiger partial charge in [0.1, 0.15) is 11.9 Å². The molecule has 1 unspecified atom stereocenters. The molecule has 1 atom stereocenters. The normalized spacial score (nSPS) is 12.4. The highest BCUT2D eigenvalue weighted by atomic mass is 19.1. The van der Waals surface area contributed by atoms with Crippen LogP contribution in [0.3, 0.4) is 0 Å². The van der Waals surface area contributed by atoms with Gasteiger partial charge in [0, 0.05) is 14.0 Å². The lowest BCUT2D eigenvalue weighted by molar-refractivity contribution is 0.0918. The number of hydrogen-bond acceptors (Lipinski definition) is 5. The van der Waals surface area contributed by atoms with Gasteiger partial charge >= 0.3 is 0 Å². The highest BCUT2D eigenvalue weighted by molar-refractivity contribution is 5.93. The van der Waals surface area contributed by atoms with Gasteiger partial charge in [-0.2, -0.15) is 5.10 Å². The number of carbonyl (C=O) groups is 1. The summed E-state index contributed by atoms with van der Waals surface area (Å²) in [5.41, 5.74) is 1.76. The lowest BCUT2D eigenvalue weighted by Gasteiger charge is -2.16. The highest BCUT2D eigenvalue weighted by Crippen LogP contribution is 2.23. The molecule has 1 N–H and O–H groups in total. The third kappa shape index (κ3) is 4.39. The lowest BCUT2D eigenvalue weighted by Crippen LogP contribution is -2.30. The molecule has 7 nitrogen and oxygen atoms in total. The van der Waals surface area contributed by atoms with E-state index in [-0.39, 0.29) is 17.4 Å². The van der Waals surface area contributed by atoms with E-state index in [2.05, 4.69) is 34.5 Å². The summed E-state index contributed by atoms with van der Waals surface area (Å²) in [6, 6.07) is 7.33. The third-order valence-electron chi connectivity index (χ3n) is 4.10. The predicted molar refractivity (Wildman–Crippen MR) is 97.3 cm³/mol. The largest absolute Gasteiger partial charge is 0.423 e. The molecule has 142 valence electrons. The molecule has 2 aromatic heterocycles. The van der Waals surface area contributed by atoms with Gasteiger partial charge in [0.25, 0.3) is 5.91 Å². The van der Waals surface area contributed by atoms with Crippen LogP contribution in [0.2, 0.25) is 0 Å². The van der Waals surface area contributed by atoms with Gasteiger partial charge in [0.2, 0.25) is 11.8 Å². The fraction of sp³-hybridized carbons (Fsp3) is 0.368. The molecule has 0 spiro atoms.